The van der Waals surface area contributed by atoms with Crippen molar-refractivity contribution in [1.29, 1.82) is 0 Å². The zero-order valence-electron chi connectivity index (χ0n) is 9.77. The molecule has 1 rings (SSSR count). The molecule has 0 radical (unpaired) electrons. The second-order valence-electron chi connectivity index (χ2n) is 3.48. The Hall–Kier alpha value is -1.43. The first-order chi connectivity index (χ1) is 7.74. The number of carbonyl (C=O) groups excluding carboxylic acids is 1. The second kappa shape index (κ2) is 6.95. The van der Waals surface area contributed by atoms with E-state index in [9.17, 15) is 4.79 Å². The molecule has 0 bridgehead atoms. The molecule has 90 valence electrons. The van der Waals surface area contributed by atoms with Gasteiger partial charge in [-0.3, -0.25) is 9.89 Å². The lowest BCUT2D eigenvalue weighted by molar-refractivity contribution is -0.130. The Morgan fingerprint density at radius 1 is 1.62 bits per heavy atom. The minimum atomic E-state index is 0.0936. The van der Waals surface area contributed by atoms with Gasteiger partial charge in [-0.15, -0.1) is 0 Å². The zero-order valence-corrected chi connectivity index (χ0v) is 9.77. The standard InChI is InChI=1S/C10H18N4O2/c1-3-16-6-4-5-10(15)14(2)7-9-11-8-12-13-9/h8H,3-7H2,1-2H3,(H,11,12,13). The van der Waals surface area contributed by atoms with Gasteiger partial charge >= 0.3 is 0 Å². The van der Waals surface area contributed by atoms with Gasteiger partial charge in [-0.05, 0) is 13.3 Å². The molecule has 6 nitrogen and oxygen atoms in total. The first-order valence-electron chi connectivity index (χ1n) is 5.40. The van der Waals surface area contributed by atoms with Crippen LogP contribution in [0.3, 0.4) is 0 Å². The highest BCUT2D eigenvalue weighted by atomic mass is 16.5. The Kier molecular flexibility index (Phi) is 5.49. The van der Waals surface area contributed by atoms with Crippen LogP contribution in [-0.2, 0) is 16.1 Å². The van der Waals surface area contributed by atoms with E-state index in [2.05, 4.69) is 15.2 Å². The van der Waals surface area contributed by atoms with Crippen LogP contribution in [0.15, 0.2) is 6.33 Å². The lowest BCUT2D eigenvalue weighted by atomic mass is 10.3. The van der Waals surface area contributed by atoms with Gasteiger partial charge in [-0.1, -0.05) is 0 Å². The van der Waals surface area contributed by atoms with Crippen LogP contribution in [0, 0.1) is 0 Å². The van der Waals surface area contributed by atoms with E-state index in [0.29, 0.717) is 32.0 Å². The monoisotopic (exact) mass is 226 g/mol. The molecule has 0 saturated carbocycles. The van der Waals surface area contributed by atoms with Crippen molar-refractivity contribution in [2.24, 2.45) is 0 Å². The van der Waals surface area contributed by atoms with E-state index in [0.717, 1.165) is 6.42 Å². The van der Waals surface area contributed by atoms with Crippen molar-refractivity contribution in [3.05, 3.63) is 12.2 Å². The summed E-state index contributed by atoms with van der Waals surface area (Å²) in [5.41, 5.74) is 0. The fourth-order valence-corrected chi connectivity index (χ4v) is 1.28. The van der Waals surface area contributed by atoms with E-state index in [1.807, 2.05) is 6.92 Å². The van der Waals surface area contributed by atoms with Gasteiger partial charge in [0, 0.05) is 26.7 Å². The van der Waals surface area contributed by atoms with E-state index in [1.54, 1.807) is 11.9 Å². The summed E-state index contributed by atoms with van der Waals surface area (Å²) in [6.45, 7) is 3.74. The average Bonchev–Trinajstić information content (AvgIpc) is 2.76. The topological polar surface area (TPSA) is 71.1 Å². The number of nitrogens with zero attached hydrogens (tertiary/aromatic N) is 3. The molecule has 0 spiro atoms. The van der Waals surface area contributed by atoms with Crippen molar-refractivity contribution < 1.29 is 9.53 Å². The lowest BCUT2D eigenvalue weighted by Gasteiger charge is -2.15. The van der Waals surface area contributed by atoms with Crippen molar-refractivity contribution in [3.8, 4) is 0 Å². The molecule has 0 aliphatic carbocycles. The summed E-state index contributed by atoms with van der Waals surface area (Å²) in [5.74, 6) is 0.789. The number of H-pyrrole nitrogens is 1. The van der Waals surface area contributed by atoms with Crippen LogP contribution in [0.2, 0.25) is 0 Å². The Bertz CT molecular complexity index is 300. The van der Waals surface area contributed by atoms with Gasteiger partial charge in [0.1, 0.15) is 12.2 Å². The van der Waals surface area contributed by atoms with Crippen LogP contribution >= 0.6 is 0 Å². The van der Waals surface area contributed by atoms with Crippen LogP contribution in [0.1, 0.15) is 25.6 Å². The highest BCUT2D eigenvalue weighted by molar-refractivity contribution is 5.75. The molecule has 1 amide bonds. The maximum atomic E-state index is 11.6. The summed E-state index contributed by atoms with van der Waals surface area (Å²) in [4.78, 5) is 17.2. The predicted octanol–water partition coefficient (Wildman–Crippen LogP) is 0.580. The normalized spacial score (nSPS) is 10.4. The summed E-state index contributed by atoms with van der Waals surface area (Å²) in [6, 6.07) is 0. The number of ether oxygens (including phenoxy) is 1. The van der Waals surface area contributed by atoms with Crippen molar-refractivity contribution in [2.45, 2.75) is 26.3 Å². The SMILES string of the molecule is CCOCCCC(=O)N(C)Cc1ncn[nH]1. The van der Waals surface area contributed by atoms with Crippen LogP contribution in [0.4, 0.5) is 0 Å². The van der Waals surface area contributed by atoms with Crippen LogP contribution < -0.4 is 0 Å². The molecule has 1 aromatic heterocycles. The molecule has 6 heteroatoms. The molecule has 0 aromatic carbocycles. The van der Waals surface area contributed by atoms with E-state index >= 15 is 0 Å². The van der Waals surface area contributed by atoms with E-state index < -0.39 is 0 Å². The molecule has 1 heterocycles. The van der Waals surface area contributed by atoms with Gasteiger partial charge in [-0.2, -0.15) is 5.10 Å². The van der Waals surface area contributed by atoms with E-state index in [-0.39, 0.29) is 5.91 Å². The molecule has 1 N–H and O–H groups in total. The van der Waals surface area contributed by atoms with E-state index in [4.69, 9.17) is 4.74 Å². The maximum Gasteiger partial charge on any atom is 0.222 e. The van der Waals surface area contributed by atoms with Gasteiger partial charge in [0.15, 0.2) is 0 Å². The Labute approximate surface area is 95.0 Å². The molecule has 0 unspecified atom stereocenters. The van der Waals surface area contributed by atoms with Crippen LogP contribution in [0.25, 0.3) is 0 Å². The highest BCUT2D eigenvalue weighted by Crippen LogP contribution is 2.00. The highest BCUT2D eigenvalue weighted by Gasteiger charge is 2.09. The number of aromatic nitrogens is 3. The molecule has 0 atom stereocenters. The number of hydrogen-bond donors (Lipinski definition) is 1. The van der Waals surface area contributed by atoms with Gasteiger partial charge in [0.25, 0.3) is 0 Å². The molecule has 0 aliphatic rings. The number of carbonyl (C=O) groups is 1. The Balaban J connectivity index is 2.20. The number of amides is 1. The third-order valence-corrected chi connectivity index (χ3v) is 2.16. The van der Waals surface area contributed by atoms with Gasteiger partial charge in [-0.25, -0.2) is 4.98 Å². The Morgan fingerprint density at radius 3 is 3.06 bits per heavy atom. The largest absolute Gasteiger partial charge is 0.382 e. The van der Waals surface area contributed by atoms with Gasteiger partial charge < -0.3 is 9.64 Å². The lowest BCUT2D eigenvalue weighted by Crippen LogP contribution is -2.26. The summed E-state index contributed by atoms with van der Waals surface area (Å²) < 4.78 is 5.17. The first kappa shape index (κ1) is 12.6. The van der Waals surface area contributed by atoms with E-state index in [1.165, 1.54) is 6.33 Å². The molecular formula is C10H18N4O2. The summed E-state index contributed by atoms with van der Waals surface area (Å²) >= 11 is 0. The number of hydrogen-bond acceptors (Lipinski definition) is 4. The van der Waals surface area contributed by atoms with Crippen molar-refractivity contribution in [3.63, 3.8) is 0 Å². The molecule has 0 saturated heterocycles. The van der Waals surface area contributed by atoms with Crippen molar-refractivity contribution in [1.82, 2.24) is 20.1 Å². The molecule has 0 fully saturated rings. The third-order valence-electron chi connectivity index (χ3n) is 2.16. The average molecular weight is 226 g/mol. The minimum Gasteiger partial charge on any atom is -0.382 e. The van der Waals surface area contributed by atoms with Crippen molar-refractivity contribution >= 4 is 5.91 Å². The molecular weight excluding hydrogens is 208 g/mol. The second-order valence-corrected chi connectivity index (χ2v) is 3.48. The van der Waals surface area contributed by atoms with Crippen LogP contribution in [-0.4, -0.2) is 46.2 Å². The quantitative estimate of drug-likeness (QED) is 0.690. The molecule has 16 heavy (non-hydrogen) atoms. The van der Waals surface area contributed by atoms with Gasteiger partial charge in [0.2, 0.25) is 5.91 Å². The first-order valence-corrected chi connectivity index (χ1v) is 5.40. The molecule has 1 aromatic rings. The number of aromatic amines is 1. The summed E-state index contributed by atoms with van der Waals surface area (Å²) in [6.07, 6.45) is 2.70. The number of rotatable bonds is 7. The minimum absolute atomic E-state index is 0.0936. The zero-order chi connectivity index (χ0) is 11.8. The molecule has 0 aliphatic heterocycles. The summed E-state index contributed by atoms with van der Waals surface area (Å²) in [7, 11) is 1.76. The van der Waals surface area contributed by atoms with Gasteiger partial charge in [0.05, 0.1) is 6.54 Å². The number of nitrogens with one attached hydrogen (secondary N) is 1. The van der Waals surface area contributed by atoms with Crippen molar-refractivity contribution in [2.75, 3.05) is 20.3 Å². The van der Waals surface area contributed by atoms with Crippen LogP contribution in [0.5, 0.6) is 0 Å². The smallest absolute Gasteiger partial charge is 0.222 e. The maximum absolute atomic E-state index is 11.6. The third kappa shape index (κ3) is 4.39. The summed E-state index contributed by atoms with van der Waals surface area (Å²) in [5, 5.41) is 6.45. The fourth-order valence-electron chi connectivity index (χ4n) is 1.28. The fraction of sp³-hybridized carbons (Fsp3) is 0.700. The predicted molar refractivity (Wildman–Crippen MR) is 58.6 cm³/mol. The Morgan fingerprint density at radius 2 is 2.44 bits per heavy atom.